The molecule has 164 valence electrons. The highest BCUT2D eigenvalue weighted by molar-refractivity contribution is 7.10. The highest BCUT2D eigenvalue weighted by atomic mass is 32.1. The van der Waals surface area contributed by atoms with Crippen LogP contribution < -0.4 is 0 Å². The van der Waals surface area contributed by atoms with Crippen molar-refractivity contribution in [3.63, 3.8) is 0 Å². The smallest absolute Gasteiger partial charge is 0.225 e. The van der Waals surface area contributed by atoms with Crippen LogP contribution in [0.15, 0.2) is 35.7 Å². The highest BCUT2D eigenvalue weighted by Crippen LogP contribution is 2.35. The quantitative estimate of drug-likeness (QED) is 0.583. The largest absolute Gasteiger partial charge is 0.383 e. The van der Waals surface area contributed by atoms with Gasteiger partial charge in [0.2, 0.25) is 5.91 Å². The summed E-state index contributed by atoms with van der Waals surface area (Å²) in [6, 6.07) is 9.11. The van der Waals surface area contributed by atoms with Crippen molar-refractivity contribution in [2.45, 2.75) is 33.2 Å². The fourth-order valence-corrected chi connectivity index (χ4v) is 5.25. The molecule has 2 aromatic rings. The number of ether oxygens (including phenoxy) is 1. The van der Waals surface area contributed by atoms with Crippen LogP contribution in [0.1, 0.15) is 35.8 Å². The molecule has 3 rings (SSSR count). The van der Waals surface area contributed by atoms with Gasteiger partial charge in [0.05, 0.1) is 6.61 Å². The Labute approximate surface area is 183 Å². The van der Waals surface area contributed by atoms with Gasteiger partial charge >= 0.3 is 0 Å². The van der Waals surface area contributed by atoms with E-state index in [0.29, 0.717) is 19.7 Å². The number of aryl methyl sites for hydroxylation is 1. The predicted octanol–water partition coefficient (Wildman–Crippen LogP) is 4.54. The lowest BCUT2D eigenvalue weighted by molar-refractivity contribution is -0.135. The second-order valence-electron chi connectivity index (χ2n) is 8.57. The summed E-state index contributed by atoms with van der Waals surface area (Å²) in [6.07, 6.45) is 0. The number of nitrogens with zero attached hydrogens (tertiary/aromatic N) is 2. The molecular formula is C24H33FN2O2S. The third-order valence-electron chi connectivity index (χ3n) is 5.95. The van der Waals surface area contributed by atoms with E-state index in [0.717, 1.165) is 25.2 Å². The van der Waals surface area contributed by atoms with Crippen molar-refractivity contribution in [1.82, 2.24) is 9.80 Å². The van der Waals surface area contributed by atoms with Gasteiger partial charge in [0.1, 0.15) is 5.82 Å². The van der Waals surface area contributed by atoms with Crippen molar-refractivity contribution in [3.05, 3.63) is 57.5 Å². The van der Waals surface area contributed by atoms with Crippen molar-refractivity contribution in [2.75, 3.05) is 39.9 Å². The maximum absolute atomic E-state index is 14.0. The number of hydrogen-bond acceptors (Lipinski definition) is 4. The molecular weight excluding hydrogens is 399 g/mol. The first-order chi connectivity index (χ1) is 14.4. The van der Waals surface area contributed by atoms with Crippen molar-refractivity contribution in [2.24, 2.45) is 11.8 Å². The summed E-state index contributed by atoms with van der Waals surface area (Å²) < 4.78 is 19.2. The minimum absolute atomic E-state index is 0.0549. The van der Waals surface area contributed by atoms with Gasteiger partial charge in [-0.05, 0) is 47.5 Å². The first-order valence-corrected chi connectivity index (χ1v) is 11.6. The Morgan fingerprint density at radius 1 is 1.33 bits per heavy atom. The van der Waals surface area contributed by atoms with Crippen molar-refractivity contribution in [3.8, 4) is 0 Å². The molecule has 0 N–H and O–H groups in total. The topological polar surface area (TPSA) is 32.8 Å². The summed E-state index contributed by atoms with van der Waals surface area (Å²) >= 11 is 1.79. The first kappa shape index (κ1) is 22.9. The Hall–Kier alpha value is -1.76. The second kappa shape index (κ2) is 10.5. The van der Waals surface area contributed by atoms with Gasteiger partial charge in [-0.2, -0.15) is 0 Å². The van der Waals surface area contributed by atoms with E-state index < -0.39 is 0 Å². The Morgan fingerprint density at radius 2 is 2.13 bits per heavy atom. The predicted molar refractivity (Wildman–Crippen MR) is 120 cm³/mol. The van der Waals surface area contributed by atoms with Crippen LogP contribution >= 0.6 is 11.3 Å². The summed E-state index contributed by atoms with van der Waals surface area (Å²) in [5, 5.41) is 2.13. The van der Waals surface area contributed by atoms with Gasteiger partial charge < -0.3 is 9.64 Å². The van der Waals surface area contributed by atoms with Gasteiger partial charge in [-0.25, -0.2) is 4.39 Å². The lowest BCUT2D eigenvalue weighted by Crippen LogP contribution is -2.41. The molecule has 1 aromatic heterocycles. The number of thiophene rings is 1. The normalized spacial score (nSPS) is 19.5. The van der Waals surface area contributed by atoms with E-state index in [1.165, 1.54) is 16.5 Å². The van der Waals surface area contributed by atoms with E-state index in [4.69, 9.17) is 4.74 Å². The molecule has 0 saturated carbocycles. The molecule has 1 aromatic carbocycles. The SMILES string of the molecule is COCCN(CC1CN(Cc2sccc2C)CC1c1cccc(F)c1)C(=O)C(C)C. The van der Waals surface area contributed by atoms with E-state index in [1.807, 2.05) is 24.8 Å². The fourth-order valence-electron chi connectivity index (χ4n) is 4.30. The molecule has 1 saturated heterocycles. The van der Waals surface area contributed by atoms with Crippen LogP contribution in [0, 0.1) is 24.6 Å². The molecule has 0 spiro atoms. The molecule has 1 amide bonds. The third kappa shape index (κ3) is 5.68. The van der Waals surface area contributed by atoms with Crippen LogP contribution in [0.25, 0.3) is 0 Å². The number of hydrogen-bond donors (Lipinski definition) is 0. The molecule has 0 bridgehead atoms. The van der Waals surface area contributed by atoms with Gasteiger partial charge in [0, 0.05) is 56.5 Å². The van der Waals surface area contributed by atoms with E-state index in [-0.39, 0.29) is 29.5 Å². The van der Waals surface area contributed by atoms with Gasteiger partial charge in [-0.15, -0.1) is 11.3 Å². The van der Waals surface area contributed by atoms with Crippen molar-refractivity contribution < 1.29 is 13.9 Å². The molecule has 2 heterocycles. The molecule has 2 unspecified atom stereocenters. The lowest BCUT2D eigenvalue weighted by atomic mass is 9.88. The number of rotatable bonds is 9. The minimum atomic E-state index is -0.201. The highest BCUT2D eigenvalue weighted by Gasteiger charge is 2.36. The summed E-state index contributed by atoms with van der Waals surface area (Å²) in [5.41, 5.74) is 2.34. The second-order valence-corrected chi connectivity index (χ2v) is 9.57. The molecule has 1 aliphatic rings. The van der Waals surface area contributed by atoms with Crippen LogP contribution in [-0.4, -0.2) is 55.6 Å². The van der Waals surface area contributed by atoms with E-state index in [1.54, 1.807) is 30.6 Å². The number of methoxy groups -OCH3 is 1. The van der Waals surface area contributed by atoms with Crippen LogP contribution in [0.3, 0.4) is 0 Å². The average molecular weight is 433 g/mol. The van der Waals surface area contributed by atoms with Gasteiger partial charge in [-0.3, -0.25) is 9.69 Å². The Bertz CT molecular complexity index is 838. The lowest BCUT2D eigenvalue weighted by Gasteiger charge is -2.29. The number of carbonyl (C=O) groups is 1. The van der Waals surface area contributed by atoms with Gasteiger partial charge in [0.15, 0.2) is 0 Å². The van der Waals surface area contributed by atoms with Crippen molar-refractivity contribution >= 4 is 17.2 Å². The van der Waals surface area contributed by atoms with E-state index in [9.17, 15) is 9.18 Å². The van der Waals surface area contributed by atoms with E-state index >= 15 is 0 Å². The Balaban J connectivity index is 1.81. The zero-order chi connectivity index (χ0) is 21.7. The molecule has 0 radical (unpaired) electrons. The number of amides is 1. The standard InChI is InChI=1S/C24H33FN2O2S/c1-17(2)24(28)27(9-10-29-4)14-20-13-26(16-23-18(3)8-11-30-23)15-22(20)19-6-5-7-21(25)12-19/h5-8,11-12,17,20,22H,9-10,13-16H2,1-4H3. The third-order valence-corrected chi connectivity index (χ3v) is 6.96. The molecule has 2 atom stereocenters. The summed E-state index contributed by atoms with van der Waals surface area (Å²) in [7, 11) is 1.66. The number of carbonyl (C=O) groups excluding carboxylic acids is 1. The zero-order valence-corrected chi connectivity index (χ0v) is 19.3. The van der Waals surface area contributed by atoms with E-state index in [2.05, 4.69) is 23.3 Å². The fraction of sp³-hybridized carbons (Fsp3) is 0.542. The summed E-state index contributed by atoms with van der Waals surface area (Å²) in [5.74, 6) is 0.351. The zero-order valence-electron chi connectivity index (χ0n) is 18.4. The van der Waals surface area contributed by atoms with Crippen LogP contribution in [0.5, 0.6) is 0 Å². The maximum Gasteiger partial charge on any atom is 0.225 e. The molecule has 1 fully saturated rings. The molecule has 1 aliphatic heterocycles. The molecule has 0 aliphatic carbocycles. The minimum Gasteiger partial charge on any atom is -0.383 e. The van der Waals surface area contributed by atoms with Crippen molar-refractivity contribution in [1.29, 1.82) is 0 Å². The number of likely N-dealkylation sites (tertiary alicyclic amines) is 1. The number of halogens is 1. The van der Waals surface area contributed by atoms with Gasteiger partial charge in [-0.1, -0.05) is 26.0 Å². The summed E-state index contributed by atoms with van der Waals surface area (Å²) in [6.45, 7) is 10.5. The molecule has 4 nitrogen and oxygen atoms in total. The molecule has 6 heteroatoms. The number of benzene rings is 1. The monoisotopic (exact) mass is 432 g/mol. The molecule has 30 heavy (non-hydrogen) atoms. The Kier molecular flexibility index (Phi) is 8.03. The first-order valence-electron chi connectivity index (χ1n) is 10.7. The Morgan fingerprint density at radius 3 is 2.77 bits per heavy atom. The summed E-state index contributed by atoms with van der Waals surface area (Å²) in [4.78, 5) is 18.6. The maximum atomic E-state index is 14.0. The van der Waals surface area contributed by atoms with Crippen LogP contribution in [0.2, 0.25) is 0 Å². The van der Waals surface area contributed by atoms with Gasteiger partial charge in [0.25, 0.3) is 0 Å². The van der Waals surface area contributed by atoms with Crippen LogP contribution in [-0.2, 0) is 16.1 Å². The van der Waals surface area contributed by atoms with Crippen LogP contribution in [0.4, 0.5) is 4.39 Å². The average Bonchev–Trinajstić information content (AvgIpc) is 3.30.